The molecule has 0 aromatic carbocycles. The Morgan fingerprint density at radius 1 is 1.40 bits per heavy atom. The van der Waals surface area contributed by atoms with E-state index in [4.69, 9.17) is 0 Å². The molecule has 2 aliphatic rings. The summed E-state index contributed by atoms with van der Waals surface area (Å²) in [6.45, 7) is 3.76. The fourth-order valence-electron chi connectivity index (χ4n) is 2.17. The van der Waals surface area contributed by atoms with Crippen LogP contribution in [-0.4, -0.2) is 25.0 Å². The number of rotatable bonds is 7. The Labute approximate surface area is 92.0 Å². The predicted molar refractivity (Wildman–Crippen MR) is 60.6 cm³/mol. The molecule has 0 radical (unpaired) electrons. The summed E-state index contributed by atoms with van der Waals surface area (Å²) < 4.78 is 0. The lowest BCUT2D eigenvalue weighted by Crippen LogP contribution is -2.37. The fourth-order valence-corrected chi connectivity index (χ4v) is 2.17. The molecule has 0 atom stereocenters. The number of carbonyl (C=O) groups excluding carboxylic acids is 1. The summed E-state index contributed by atoms with van der Waals surface area (Å²) >= 11 is 0. The van der Waals surface area contributed by atoms with Crippen molar-refractivity contribution >= 4 is 5.91 Å². The molecule has 0 saturated heterocycles. The molecule has 0 aromatic rings. The Balaban J connectivity index is 1.55. The van der Waals surface area contributed by atoms with Crippen molar-refractivity contribution in [2.24, 2.45) is 5.41 Å². The smallest absolute Gasteiger partial charge is 0.234 e. The van der Waals surface area contributed by atoms with Crippen LogP contribution in [-0.2, 0) is 4.79 Å². The summed E-state index contributed by atoms with van der Waals surface area (Å²) in [4.78, 5) is 11.4. The molecule has 0 aromatic heterocycles. The van der Waals surface area contributed by atoms with Crippen molar-refractivity contribution in [3.8, 4) is 0 Å². The van der Waals surface area contributed by atoms with Crippen LogP contribution in [0.5, 0.6) is 0 Å². The Kier molecular flexibility index (Phi) is 3.29. The first-order chi connectivity index (χ1) is 7.24. The van der Waals surface area contributed by atoms with Crippen molar-refractivity contribution in [1.29, 1.82) is 0 Å². The molecule has 0 heterocycles. The van der Waals surface area contributed by atoms with Crippen molar-refractivity contribution in [3.05, 3.63) is 0 Å². The number of amides is 1. The van der Waals surface area contributed by atoms with Crippen LogP contribution in [0.15, 0.2) is 0 Å². The maximum atomic E-state index is 11.4. The van der Waals surface area contributed by atoms with E-state index in [-0.39, 0.29) is 5.91 Å². The van der Waals surface area contributed by atoms with Gasteiger partial charge in [-0.2, -0.15) is 0 Å². The lowest BCUT2D eigenvalue weighted by atomic mass is 10.0. The maximum absolute atomic E-state index is 11.4. The van der Waals surface area contributed by atoms with Gasteiger partial charge in [0.2, 0.25) is 5.91 Å². The van der Waals surface area contributed by atoms with Crippen LogP contribution in [0, 0.1) is 5.41 Å². The highest BCUT2D eigenvalue weighted by molar-refractivity contribution is 5.78. The highest BCUT2D eigenvalue weighted by Gasteiger charge is 2.40. The molecule has 86 valence electrons. The van der Waals surface area contributed by atoms with Gasteiger partial charge in [0.25, 0.3) is 0 Å². The minimum atomic E-state index is 0.171. The number of hydrogen-bond acceptors (Lipinski definition) is 2. The minimum Gasteiger partial charge on any atom is -0.352 e. The molecule has 2 saturated carbocycles. The topological polar surface area (TPSA) is 41.1 Å². The second-order valence-electron chi connectivity index (χ2n) is 5.20. The number of carbonyl (C=O) groups is 1. The standard InChI is InChI=1S/C12H22N2O/c1-2-5-12(6-7-12)9-13-8-11(15)14-10-3-4-10/h10,13H,2-9H2,1H3,(H,14,15). The first-order valence-corrected chi connectivity index (χ1v) is 6.24. The van der Waals surface area contributed by atoms with E-state index in [0.717, 1.165) is 6.54 Å². The van der Waals surface area contributed by atoms with Gasteiger partial charge < -0.3 is 10.6 Å². The zero-order valence-electron chi connectivity index (χ0n) is 9.64. The van der Waals surface area contributed by atoms with Gasteiger partial charge in [-0.3, -0.25) is 4.79 Å². The van der Waals surface area contributed by atoms with Gasteiger partial charge in [0.1, 0.15) is 0 Å². The predicted octanol–water partition coefficient (Wildman–Crippen LogP) is 1.43. The first-order valence-electron chi connectivity index (χ1n) is 6.24. The molecule has 3 heteroatoms. The van der Waals surface area contributed by atoms with Gasteiger partial charge in [0.15, 0.2) is 0 Å². The summed E-state index contributed by atoms with van der Waals surface area (Å²) in [6, 6.07) is 0.491. The van der Waals surface area contributed by atoms with E-state index in [1.165, 1.54) is 38.5 Å². The highest BCUT2D eigenvalue weighted by atomic mass is 16.2. The molecule has 0 unspecified atom stereocenters. The molecule has 15 heavy (non-hydrogen) atoms. The number of hydrogen-bond donors (Lipinski definition) is 2. The highest BCUT2D eigenvalue weighted by Crippen LogP contribution is 2.48. The van der Waals surface area contributed by atoms with E-state index >= 15 is 0 Å². The van der Waals surface area contributed by atoms with Crippen molar-refractivity contribution in [2.45, 2.75) is 51.5 Å². The van der Waals surface area contributed by atoms with Gasteiger partial charge in [-0.15, -0.1) is 0 Å². The van der Waals surface area contributed by atoms with Crippen molar-refractivity contribution in [3.63, 3.8) is 0 Å². The molecule has 0 spiro atoms. The molecule has 0 aliphatic heterocycles. The molecule has 2 rings (SSSR count). The van der Waals surface area contributed by atoms with Crippen LogP contribution in [0.25, 0.3) is 0 Å². The van der Waals surface area contributed by atoms with Gasteiger partial charge in [0.05, 0.1) is 6.54 Å². The summed E-state index contributed by atoms with van der Waals surface area (Å²) in [6.07, 6.45) is 7.60. The summed E-state index contributed by atoms with van der Waals surface area (Å²) in [7, 11) is 0. The average molecular weight is 210 g/mol. The first kappa shape index (κ1) is 10.9. The molecule has 3 nitrogen and oxygen atoms in total. The largest absolute Gasteiger partial charge is 0.352 e. The van der Waals surface area contributed by atoms with Crippen LogP contribution in [0.3, 0.4) is 0 Å². The van der Waals surface area contributed by atoms with Crippen molar-refractivity contribution in [2.75, 3.05) is 13.1 Å². The van der Waals surface area contributed by atoms with Crippen LogP contribution < -0.4 is 10.6 Å². The molecule has 0 bridgehead atoms. The van der Waals surface area contributed by atoms with Gasteiger partial charge in [-0.25, -0.2) is 0 Å². The maximum Gasteiger partial charge on any atom is 0.234 e. The van der Waals surface area contributed by atoms with Crippen molar-refractivity contribution < 1.29 is 4.79 Å². The lowest BCUT2D eigenvalue weighted by Gasteiger charge is -2.14. The van der Waals surface area contributed by atoms with Crippen LogP contribution >= 0.6 is 0 Å². The van der Waals surface area contributed by atoms with Gasteiger partial charge in [0, 0.05) is 12.6 Å². The average Bonchev–Trinajstić information content (AvgIpc) is 3.04. The second kappa shape index (κ2) is 4.52. The van der Waals surface area contributed by atoms with Crippen molar-refractivity contribution in [1.82, 2.24) is 10.6 Å². The molecular weight excluding hydrogens is 188 g/mol. The normalized spacial score (nSPS) is 22.5. The fraction of sp³-hybridized carbons (Fsp3) is 0.917. The van der Waals surface area contributed by atoms with E-state index in [1.807, 2.05) is 0 Å². The molecular formula is C12H22N2O. The Morgan fingerprint density at radius 2 is 2.13 bits per heavy atom. The quantitative estimate of drug-likeness (QED) is 0.667. The van der Waals surface area contributed by atoms with E-state index in [9.17, 15) is 4.79 Å². The molecule has 1 amide bonds. The third-order valence-electron chi connectivity index (χ3n) is 3.47. The van der Waals surface area contributed by atoms with Gasteiger partial charge >= 0.3 is 0 Å². The third kappa shape index (κ3) is 3.49. The molecule has 2 N–H and O–H groups in total. The summed E-state index contributed by atoms with van der Waals surface area (Å²) in [5, 5.41) is 6.28. The monoisotopic (exact) mass is 210 g/mol. The third-order valence-corrected chi connectivity index (χ3v) is 3.47. The Bertz CT molecular complexity index is 232. The Morgan fingerprint density at radius 3 is 2.67 bits per heavy atom. The van der Waals surface area contributed by atoms with Crippen LogP contribution in [0.1, 0.15) is 45.4 Å². The zero-order chi connectivity index (χ0) is 10.7. The lowest BCUT2D eigenvalue weighted by molar-refractivity contribution is -0.120. The summed E-state index contributed by atoms with van der Waals surface area (Å²) in [5.41, 5.74) is 0.550. The minimum absolute atomic E-state index is 0.171. The van der Waals surface area contributed by atoms with E-state index in [2.05, 4.69) is 17.6 Å². The molecule has 2 aliphatic carbocycles. The van der Waals surface area contributed by atoms with E-state index in [0.29, 0.717) is 18.0 Å². The SMILES string of the molecule is CCCC1(CNCC(=O)NC2CC2)CC1. The zero-order valence-corrected chi connectivity index (χ0v) is 9.64. The molecule has 2 fully saturated rings. The van der Waals surface area contributed by atoms with E-state index < -0.39 is 0 Å². The van der Waals surface area contributed by atoms with E-state index in [1.54, 1.807) is 0 Å². The summed E-state index contributed by atoms with van der Waals surface area (Å²) in [5.74, 6) is 0.171. The second-order valence-corrected chi connectivity index (χ2v) is 5.20. The van der Waals surface area contributed by atoms with Crippen LogP contribution in [0.2, 0.25) is 0 Å². The number of nitrogens with one attached hydrogen (secondary N) is 2. The Hall–Kier alpha value is -0.570. The van der Waals surface area contributed by atoms with Gasteiger partial charge in [-0.05, 0) is 37.5 Å². The van der Waals surface area contributed by atoms with Gasteiger partial charge in [-0.1, -0.05) is 13.3 Å². The van der Waals surface area contributed by atoms with Crippen LogP contribution in [0.4, 0.5) is 0 Å².